The summed E-state index contributed by atoms with van der Waals surface area (Å²) in [6, 6.07) is 11.0. The van der Waals surface area contributed by atoms with Crippen molar-refractivity contribution >= 4 is 53.1 Å². The molecule has 2 aliphatic rings. The van der Waals surface area contributed by atoms with E-state index in [1.54, 1.807) is 99.0 Å². The third-order valence-corrected chi connectivity index (χ3v) is 10.3. The molecular weight excluding hydrogens is 912 g/mol. The summed E-state index contributed by atoms with van der Waals surface area (Å²) in [4.78, 5) is 62.8. The molecular formula is C52H73FN10O8. The molecule has 19 heteroatoms. The number of rotatable bonds is 7. The van der Waals surface area contributed by atoms with Crippen molar-refractivity contribution in [3.8, 4) is 22.8 Å². The van der Waals surface area contributed by atoms with Gasteiger partial charge in [0.1, 0.15) is 28.2 Å². The first kappa shape index (κ1) is 55.1. The molecule has 0 radical (unpaired) electrons. The smallest absolute Gasteiger partial charge is 0.437 e. The van der Waals surface area contributed by atoms with E-state index in [2.05, 4.69) is 42.2 Å². The van der Waals surface area contributed by atoms with Gasteiger partial charge in [0.15, 0.2) is 11.6 Å². The van der Waals surface area contributed by atoms with Crippen LogP contribution < -0.4 is 16.0 Å². The Balaban J connectivity index is 1.40. The van der Waals surface area contributed by atoms with Gasteiger partial charge in [-0.3, -0.25) is 10.6 Å². The fraction of sp³-hybridized carbons (Fsp3) is 0.538. The first-order chi connectivity index (χ1) is 32.8. The molecule has 18 nitrogen and oxygen atoms in total. The molecule has 3 heterocycles. The number of carbonyl (C=O) groups is 4. The highest BCUT2D eigenvalue weighted by Gasteiger charge is 2.29. The highest BCUT2D eigenvalue weighted by molar-refractivity contribution is 6.00. The van der Waals surface area contributed by atoms with Gasteiger partial charge in [-0.05, 0) is 170 Å². The van der Waals surface area contributed by atoms with Crippen LogP contribution in [0.15, 0.2) is 58.5 Å². The van der Waals surface area contributed by atoms with Gasteiger partial charge >= 0.3 is 24.4 Å². The first-order valence-electron chi connectivity index (χ1n) is 24.0. The van der Waals surface area contributed by atoms with Gasteiger partial charge in [-0.25, -0.2) is 23.6 Å². The van der Waals surface area contributed by atoms with Crippen LogP contribution in [0.25, 0.3) is 33.9 Å². The molecule has 0 unspecified atom stereocenters. The van der Waals surface area contributed by atoms with Crippen LogP contribution in [0.5, 0.6) is 0 Å². The molecule has 3 aromatic rings. The zero-order valence-electron chi connectivity index (χ0n) is 44.3. The Kier molecular flexibility index (Phi) is 17.2. The van der Waals surface area contributed by atoms with Crippen molar-refractivity contribution in [3.05, 3.63) is 65.5 Å². The number of hydrogen-bond donors (Lipinski definition) is 3. The van der Waals surface area contributed by atoms with Gasteiger partial charge in [-0.15, -0.1) is 20.2 Å². The Bertz CT molecular complexity index is 2590. The summed E-state index contributed by atoms with van der Waals surface area (Å²) in [5.41, 5.74) is 2.33. The molecule has 1 aromatic heterocycles. The summed E-state index contributed by atoms with van der Waals surface area (Å²) in [5, 5.41) is 18.1. The molecule has 0 atom stereocenters. The average Bonchev–Trinajstić information content (AvgIpc) is 3.65. The van der Waals surface area contributed by atoms with Crippen molar-refractivity contribution in [1.29, 1.82) is 0 Å². The highest BCUT2D eigenvalue weighted by atomic mass is 19.1. The fourth-order valence-corrected chi connectivity index (χ4v) is 7.55. The van der Waals surface area contributed by atoms with Crippen LogP contribution in [0.3, 0.4) is 0 Å². The van der Waals surface area contributed by atoms with Crippen LogP contribution in [-0.4, -0.2) is 115 Å². The molecule has 0 bridgehead atoms. The SMILES string of the molecule is CC(C)Nc1cc(C2=CCN(C(=NC(=O)OC(C)(C)C)NC(=O)OC(C)(C)C)CC2)ccc1-c1nnc(-c2ccc(C3=CCN(C(=NC(=O)OC(C)(C)C)NC(=O)OC(C)(C)C)CC3)cc2F)n1C(C)C. The summed E-state index contributed by atoms with van der Waals surface area (Å²) in [6.07, 6.45) is 1.75. The van der Waals surface area contributed by atoms with Gasteiger partial charge in [-0.2, -0.15) is 0 Å². The van der Waals surface area contributed by atoms with E-state index >= 15 is 4.39 Å². The topological polar surface area (TPSA) is 203 Å². The van der Waals surface area contributed by atoms with Crippen molar-refractivity contribution in [2.45, 2.75) is 158 Å². The van der Waals surface area contributed by atoms with Gasteiger partial charge in [0.2, 0.25) is 11.9 Å². The monoisotopic (exact) mass is 985 g/mol. The quantitative estimate of drug-likeness (QED) is 0.115. The number of ether oxygens (including phenoxy) is 4. The van der Waals surface area contributed by atoms with E-state index in [4.69, 9.17) is 18.9 Å². The zero-order chi connectivity index (χ0) is 52.8. The number of carbonyl (C=O) groups excluding carboxylic acids is 4. The maximum atomic E-state index is 16.4. The van der Waals surface area contributed by atoms with E-state index in [0.29, 0.717) is 49.7 Å². The molecule has 0 saturated carbocycles. The number of halogens is 1. The highest BCUT2D eigenvalue weighted by Crippen LogP contribution is 2.37. The second kappa shape index (κ2) is 22.1. The molecule has 71 heavy (non-hydrogen) atoms. The maximum Gasteiger partial charge on any atom is 0.437 e. The minimum atomic E-state index is -0.861. The predicted octanol–water partition coefficient (Wildman–Crippen LogP) is 11.0. The summed E-state index contributed by atoms with van der Waals surface area (Å²) in [5.74, 6) is 0.481. The first-order valence-corrected chi connectivity index (χ1v) is 24.0. The van der Waals surface area contributed by atoms with Gasteiger partial charge in [-0.1, -0.05) is 24.3 Å². The molecule has 0 aliphatic carbocycles. The van der Waals surface area contributed by atoms with Crippen LogP contribution in [0.4, 0.5) is 29.3 Å². The standard InChI is InChI=1S/C52H73FN10O8/c1-31(2)54-40-30-36(34-23-27-62(28-24-34)44(57-47(66)70-51(11,12)13)58-48(67)71-52(14,15)16)18-20-38(40)42-60-59-41(63(42)32(3)4)37-19-17-35(29-39(37)53)33-21-25-61(26-22-33)43(55-45(64)68-49(5,6)7)56-46(65)69-50(8,9)10/h17-21,23,29-32,54H,22,24-28H2,1-16H3,(H,55,56,64,65)(H,57,58,66,67). The lowest BCUT2D eigenvalue weighted by molar-refractivity contribution is 0.0536. The Morgan fingerprint density at radius 3 is 1.38 bits per heavy atom. The number of nitrogens with one attached hydrogen (secondary N) is 3. The van der Waals surface area contributed by atoms with Gasteiger partial charge in [0, 0.05) is 49.5 Å². The number of guanidine groups is 2. The average molecular weight is 985 g/mol. The number of benzene rings is 2. The lowest BCUT2D eigenvalue weighted by Crippen LogP contribution is -2.48. The lowest BCUT2D eigenvalue weighted by atomic mass is 9.96. The Labute approximate surface area is 417 Å². The molecule has 5 rings (SSSR count). The van der Waals surface area contributed by atoms with E-state index in [-0.39, 0.29) is 36.1 Å². The molecule has 0 spiro atoms. The van der Waals surface area contributed by atoms with Crippen LogP contribution in [0.2, 0.25) is 0 Å². The third kappa shape index (κ3) is 16.4. The molecule has 3 N–H and O–H groups in total. The van der Waals surface area contributed by atoms with E-state index in [1.807, 2.05) is 62.6 Å². The van der Waals surface area contributed by atoms with E-state index in [1.165, 1.54) is 6.07 Å². The summed E-state index contributed by atoms with van der Waals surface area (Å²) >= 11 is 0. The number of nitrogens with zero attached hydrogens (tertiary/aromatic N) is 7. The Morgan fingerprint density at radius 1 is 0.606 bits per heavy atom. The van der Waals surface area contributed by atoms with Gasteiger partial charge in [0.25, 0.3) is 0 Å². The molecule has 0 saturated heterocycles. The second-order valence-corrected chi connectivity index (χ2v) is 22.0. The predicted molar refractivity (Wildman–Crippen MR) is 274 cm³/mol. The zero-order valence-corrected chi connectivity index (χ0v) is 44.3. The molecule has 0 fully saturated rings. The maximum absolute atomic E-state index is 16.4. The summed E-state index contributed by atoms with van der Waals surface area (Å²) < 4.78 is 40.1. The van der Waals surface area contributed by atoms with Gasteiger partial charge < -0.3 is 38.6 Å². The number of amides is 4. The van der Waals surface area contributed by atoms with Crippen molar-refractivity contribution in [3.63, 3.8) is 0 Å². The normalized spacial score (nSPS) is 15.3. The van der Waals surface area contributed by atoms with Crippen molar-refractivity contribution in [2.24, 2.45) is 9.98 Å². The largest absolute Gasteiger partial charge is 0.444 e. The van der Waals surface area contributed by atoms with E-state index < -0.39 is 52.6 Å². The minimum absolute atomic E-state index is 0.0122. The summed E-state index contributed by atoms with van der Waals surface area (Å²) in [6.45, 7) is 30.3. The third-order valence-electron chi connectivity index (χ3n) is 10.3. The number of hydrogen-bond acceptors (Lipinski definition) is 11. The Morgan fingerprint density at radius 2 is 1.01 bits per heavy atom. The molecule has 2 aliphatic heterocycles. The van der Waals surface area contributed by atoms with E-state index in [9.17, 15) is 19.2 Å². The van der Waals surface area contributed by atoms with Crippen LogP contribution >= 0.6 is 0 Å². The molecule has 386 valence electrons. The fourth-order valence-electron chi connectivity index (χ4n) is 7.55. The van der Waals surface area contributed by atoms with Crippen LogP contribution in [0, 0.1) is 5.82 Å². The summed E-state index contributed by atoms with van der Waals surface area (Å²) in [7, 11) is 0. The number of aromatic nitrogens is 3. The molecule has 4 amide bonds. The number of anilines is 1. The van der Waals surface area contributed by atoms with Crippen molar-refractivity contribution in [2.75, 3.05) is 31.5 Å². The number of alkyl carbamates (subject to hydrolysis) is 2. The second-order valence-electron chi connectivity index (χ2n) is 22.0. The minimum Gasteiger partial charge on any atom is -0.444 e. The van der Waals surface area contributed by atoms with Crippen molar-refractivity contribution in [1.82, 2.24) is 35.2 Å². The van der Waals surface area contributed by atoms with Crippen molar-refractivity contribution < 1.29 is 42.5 Å². The van der Waals surface area contributed by atoms with E-state index in [0.717, 1.165) is 28.0 Å². The van der Waals surface area contributed by atoms with Crippen LogP contribution in [0.1, 0.15) is 141 Å². The van der Waals surface area contributed by atoms with Gasteiger partial charge in [0.05, 0.1) is 5.56 Å². The number of aliphatic imine (C=N–C) groups is 2. The molecule has 2 aromatic carbocycles. The van der Waals surface area contributed by atoms with Crippen LogP contribution in [-0.2, 0) is 18.9 Å². The Hall–Kier alpha value is -6.79. The lowest BCUT2D eigenvalue weighted by Gasteiger charge is -2.30.